The molecule has 1 amide bonds. The number of rotatable bonds is 11. The zero-order valence-corrected chi connectivity index (χ0v) is 17.5. The van der Waals surface area contributed by atoms with Gasteiger partial charge in [0, 0.05) is 17.9 Å². The number of ketones is 3. The van der Waals surface area contributed by atoms with Gasteiger partial charge in [-0.25, -0.2) is 0 Å². The Bertz CT molecular complexity index is 692. The van der Waals surface area contributed by atoms with Gasteiger partial charge in [0.05, 0.1) is 12.6 Å². The minimum absolute atomic E-state index is 0.00749. The molecule has 2 unspecified atom stereocenters. The number of nitrogens with one attached hydrogen (secondary N) is 2. The fourth-order valence-electron chi connectivity index (χ4n) is 2.99. The van der Waals surface area contributed by atoms with E-state index in [0.717, 1.165) is 12.0 Å². The number of benzene rings is 1. The summed E-state index contributed by atoms with van der Waals surface area (Å²) in [6.07, 6.45) is 1.29. The van der Waals surface area contributed by atoms with Crippen LogP contribution < -0.4 is 10.6 Å². The molecule has 0 saturated carbocycles. The number of Topliss-reactive ketones (excluding diaryl/α,β-unsaturated/α-hetero) is 3. The van der Waals surface area contributed by atoms with Gasteiger partial charge in [0.25, 0.3) is 5.91 Å². The third kappa shape index (κ3) is 8.13. The molecule has 2 N–H and O–H groups in total. The molecular formula is C22H32N2O4. The number of hydrogen-bond acceptors (Lipinski definition) is 5. The van der Waals surface area contributed by atoms with Crippen molar-refractivity contribution in [1.29, 1.82) is 0 Å². The highest BCUT2D eigenvalue weighted by atomic mass is 16.2. The maximum Gasteiger partial charge on any atom is 0.289 e. The zero-order chi connectivity index (χ0) is 21.3. The first kappa shape index (κ1) is 23.7. The van der Waals surface area contributed by atoms with E-state index in [4.69, 9.17) is 0 Å². The normalized spacial score (nSPS) is 13.5. The Morgan fingerprint density at radius 1 is 1.04 bits per heavy atom. The van der Waals surface area contributed by atoms with E-state index in [9.17, 15) is 19.2 Å². The Morgan fingerprint density at radius 2 is 1.64 bits per heavy atom. The van der Waals surface area contributed by atoms with E-state index < -0.39 is 23.7 Å². The minimum atomic E-state index is -0.775. The molecular weight excluding hydrogens is 356 g/mol. The number of hydrogen-bond donors (Lipinski definition) is 2. The predicted molar refractivity (Wildman–Crippen MR) is 109 cm³/mol. The molecule has 0 heterocycles. The molecule has 1 rings (SSSR count). The molecule has 0 aliphatic heterocycles. The molecule has 6 nitrogen and oxygen atoms in total. The molecule has 0 aliphatic rings. The topological polar surface area (TPSA) is 92.3 Å². The van der Waals surface area contributed by atoms with Crippen LogP contribution in [0.5, 0.6) is 0 Å². The van der Waals surface area contributed by atoms with E-state index in [0.29, 0.717) is 6.42 Å². The summed E-state index contributed by atoms with van der Waals surface area (Å²) >= 11 is 0. The highest BCUT2D eigenvalue weighted by Gasteiger charge is 2.28. The lowest BCUT2D eigenvalue weighted by Gasteiger charge is -2.27. The number of amides is 1. The van der Waals surface area contributed by atoms with E-state index in [1.165, 1.54) is 6.92 Å². The van der Waals surface area contributed by atoms with Crippen LogP contribution in [0.2, 0.25) is 0 Å². The second kappa shape index (κ2) is 10.9. The highest BCUT2D eigenvalue weighted by Crippen LogP contribution is 2.20. The molecule has 0 spiro atoms. The summed E-state index contributed by atoms with van der Waals surface area (Å²) in [6, 6.07) is 8.48. The van der Waals surface area contributed by atoms with Crippen LogP contribution in [0.4, 0.5) is 0 Å². The summed E-state index contributed by atoms with van der Waals surface area (Å²) in [6.45, 7) is 8.90. The van der Waals surface area contributed by atoms with Gasteiger partial charge in [-0.1, -0.05) is 43.7 Å². The van der Waals surface area contributed by atoms with E-state index in [1.54, 1.807) is 12.1 Å². The SMILES string of the molecule is CCCC(NC(C)(C)C)C(=O)C(=O)NCC(=O)CC(C(C)=O)c1ccccc1. The lowest BCUT2D eigenvalue weighted by atomic mass is 9.90. The van der Waals surface area contributed by atoms with E-state index in [1.807, 2.05) is 45.9 Å². The van der Waals surface area contributed by atoms with Crippen molar-refractivity contribution in [1.82, 2.24) is 10.6 Å². The van der Waals surface area contributed by atoms with Crippen LogP contribution in [-0.4, -0.2) is 41.4 Å². The third-order valence-corrected chi connectivity index (χ3v) is 4.30. The smallest absolute Gasteiger partial charge is 0.289 e. The third-order valence-electron chi connectivity index (χ3n) is 4.30. The summed E-state index contributed by atoms with van der Waals surface area (Å²) in [5.41, 5.74) is 0.457. The average molecular weight is 389 g/mol. The van der Waals surface area contributed by atoms with Gasteiger partial charge in [0.15, 0.2) is 5.78 Å². The first-order valence-electron chi connectivity index (χ1n) is 9.72. The van der Waals surface area contributed by atoms with Gasteiger partial charge >= 0.3 is 0 Å². The fourth-order valence-corrected chi connectivity index (χ4v) is 2.99. The molecule has 0 aliphatic carbocycles. The molecule has 0 bridgehead atoms. The Labute approximate surface area is 167 Å². The van der Waals surface area contributed by atoms with Crippen molar-refractivity contribution in [3.63, 3.8) is 0 Å². The van der Waals surface area contributed by atoms with Crippen molar-refractivity contribution in [2.75, 3.05) is 6.54 Å². The highest BCUT2D eigenvalue weighted by molar-refractivity contribution is 6.38. The summed E-state index contributed by atoms with van der Waals surface area (Å²) in [5, 5.41) is 5.57. The predicted octanol–water partition coefficient (Wildman–Crippen LogP) is 2.56. The Hall–Kier alpha value is -2.34. The van der Waals surface area contributed by atoms with Crippen molar-refractivity contribution in [3.8, 4) is 0 Å². The quantitative estimate of drug-likeness (QED) is 0.569. The molecule has 0 aromatic heterocycles. The second-order valence-corrected chi connectivity index (χ2v) is 8.10. The first-order chi connectivity index (χ1) is 13.0. The van der Waals surface area contributed by atoms with Crippen LogP contribution >= 0.6 is 0 Å². The molecule has 1 aromatic rings. The maximum atomic E-state index is 12.4. The van der Waals surface area contributed by atoms with Crippen LogP contribution in [0, 0.1) is 0 Å². The van der Waals surface area contributed by atoms with Crippen molar-refractivity contribution in [2.45, 2.75) is 71.4 Å². The molecule has 1 aromatic carbocycles. The Balaban J connectivity index is 2.66. The standard InChI is InChI=1S/C22H32N2O4/c1-6-10-19(24-22(3,4)5)20(27)21(28)23-14-17(26)13-18(15(2)25)16-11-8-7-9-12-16/h7-9,11-12,18-19,24H,6,10,13-14H2,1-5H3,(H,23,28). The van der Waals surface area contributed by atoms with Gasteiger partial charge in [-0.2, -0.15) is 0 Å². The summed E-state index contributed by atoms with van der Waals surface area (Å²) in [4.78, 5) is 48.9. The van der Waals surface area contributed by atoms with Gasteiger partial charge in [-0.15, -0.1) is 0 Å². The number of carbonyl (C=O) groups excluding carboxylic acids is 4. The van der Waals surface area contributed by atoms with E-state index in [-0.39, 0.29) is 30.1 Å². The van der Waals surface area contributed by atoms with Crippen molar-refractivity contribution in [2.24, 2.45) is 0 Å². The lowest BCUT2D eigenvalue weighted by Crippen LogP contribution is -2.52. The second-order valence-electron chi connectivity index (χ2n) is 8.10. The molecule has 6 heteroatoms. The monoisotopic (exact) mass is 388 g/mol. The van der Waals surface area contributed by atoms with Crippen LogP contribution in [0.3, 0.4) is 0 Å². The van der Waals surface area contributed by atoms with Crippen LogP contribution in [0.1, 0.15) is 65.4 Å². The van der Waals surface area contributed by atoms with Gasteiger partial charge in [0.2, 0.25) is 5.78 Å². The van der Waals surface area contributed by atoms with Crippen molar-refractivity contribution >= 4 is 23.3 Å². The van der Waals surface area contributed by atoms with Gasteiger partial charge in [0.1, 0.15) is 5.78 Å². The first-order valence-corrected chi connectivity index (χ1v) is 9.72. The van der Waals surface area contributed by atoms with Crippen molar-refractivity contribution < 1.29 is 19.2 Å². The molecule has 0 fully saturated rings. The van der Waals surface area contributed by atoms with Gasteiger partial charge < -0.3 is 10.6 Å². The molecule has 28 heavy (non-hydrogen) atoms. The van der Waals surface area contributed by atoms with Crippen LogP contribution in [-0.2, 0) is 19.2 Å². The van der Waals surface area contributed by atoms with Gasteiger partial charge in [-0.05, 0) is 39.7 Å². The Kier molecular flexibility index (Phi) is 9.19. The largest absolute Gasteiger partial charge is 0.342 e. The van der Waals surface area contributed by atoms with Crippen LogP contribution in [0.15, 0.2) is 30.3 Å². The summed E-state index contributed by atoms with van der Waals surface area (Å²) in [7, 11) is 0. The maximum absolute atomic E-state index is 12.4. The lowest BCUT2D eigenvalue weighted by molar-refractivity contribution is -0.140. The molecule has 2 atom stereocenters. The van der Waals surface area contributed by atoms with E-state index >= 15 is 0 Å². The minimum Gasteiger partial charge on any atom is -0.342 e. The molecule has 154 valence electrons. The molecule has 0 radical (unpaired) electrons. The van der Waals surface area contributed by atoms with Gasteiger partial charge in [-0.3, -0.25) is 19.2 Å². The zero-order valence-electron chi connectivity index (χ0n) is 17.5. The molecule has 0 saturated heterocycles. The van der Waals surface area contributed by atoms with Crippen LogP contribution in [0.25, 0.3) is 0 Å². The van der Waals surface area contributed by atoms with Crippen molar-refractivity contribution in [3.05, 3.63) is 35.9 Å². The fraction of sp³-hybridized carbons (Fsp3) is 0.545. The van der Waals surface area contributed by atoms with E-state index in [2.05, 4.69) is 10.6 Å². The summed E-state index contributed by atoms with van der Waals surface area (Å²) < 4.78 is 0. The summed E-state index contributed by atoms with van der Waals surface area (Å²) in [5.74, 6) is -2.30. The average Bonchev–Trinajstić information content (AvgIpc) is 2.62. The Morgan fingerprint density at radius 3 is 2.14 bits per heavy atom. The number of carbonyl (C=O) groups is 4.